The Labute approximate surface area is 151 Å². The molecule has 0 unspecified atom stereocenters. The summed E-state index contributed by atoms with van der Waals surface area (Å²) in [6, 6.07) is 15.3. The normalized spacial score (nSPS) is 10.3. The lowest BCUT2D eigenvalue weighted by Crippen LogP contribution is -2.33. The number of anilines is 1. The zero-order chi connectivity index (χ0) is 17.5. The molecule has 2 amide bonds. The van der Waals surface area contributed by atoms with Crippen molar-refractivity contribution in [1.29, 1.82) is 0 Å². The topological polar surface area (TPSA) is 49.4 Å². The summed E-state index contributed by atoms with van der Waals surface area (Å²) in [5, 5.41) is 2.77. The van der Waals surface area contributed by atoms with Crippen molar-refractivity contribution in [2.75, 3.05) is 11.9 Å². The van der Waals surface area contributed by atoms with Crippen LogP contribution in [0.5, 0.6) is 0 Å². The monoisotopic (exact) mass is 388 g/mol. The van der Waals surface area contributed by atoms with Gasteiger partial charge in [0.15, 0.2) is 0 Å². The second kappa shape index (κ2) is 8.64. The third-order valence-corrected chi connectivity index (χ3v) is 4.57. The number of halogens is 1. The molecule has 0 aliphatic heterocycles. The molecule has 2 rings (SSSR count). The minimum atomic E-state index is -0.303. The van der Waals surface area contributed by atoms with Crippen molar-refractivity contribution < 1.29 is 9.59 Å². The average molecular weight is 389 g/mol. The number of hydrogen-bond donors (Lipinski definition) is 1. The quantitative estimate of drug-likeness (QED) is 0.756. The number of nitrogens with one attached hydrogen (secondary N) is 1. The Morgan fingerprint density at radius 3 is 2.46 bits per heavy atom. The second-order valence-corrected chi connectivity index (χ2v) is 6.44. The molecular formula is C19H21BrN2O2. The molecule has 0 spiro atoms. The van der Waals surface area contributed by atoms with Gasteiger partial charge >= 0.3 is 0 Å². The van der Waals surface area contributed by atoms with Crippen molar-refractivity contribution in [2.45, 2.75) is 26.8 Å². The van der Waals surface area contributed by atoms with Crippen molar-refractivity contribution in [3.05, 3.63) is 64.1 Å². The SMILES string of the molecule is CCN(Cc1ccccc1)C(=O)CC(=O)Nc1ccc(C)c(Br)c1. The first-order chi connectivity index (χ1) is 11.5. The van der Waals surface area contributed by atoms with E-state index in [4.69, 9.17) is 0 Å². The maximum atomic E-state index is 12.4. The van der Waals surface area contributed by atoms with Crippen LogP contribution in [0, 0.1) is 6.92 Å². The summed E-state index contributed by atoms with van der Waals surface area (Å²) in [6.07, 6.45) is -0.161. The Bertz CT molecular complexity index is 717. The van der Waals surface area contributed by atoms with E-state index in [-0.39, 0.29) is 18.2 Å². The zero-order valence-electron chi connectivity index (χ0n) is 13.9. The van der Waals surface area contributed by atoms with Crippen LogP contribution in [0.1, 0.15) is 24.5 Å². The van der Waals surface area contributed by atoms with E-state index in [9.17, 15) is 9.59 Å². The lowest BCUT2D eigenvalue weighted by molar-refractivity contribution is -0.134. The van der Waals surface area contributed by atoms with E-state index in [0.29, 0.717) is 18.8 Å². The third kappa shape index (κ3) is 5.20. The van der Waals surface area contributed by atoms with Crippen LogP contribution in [0.2, 0.25) is 0 Å². The number of aryl methyl sites for hydroxylation is 1. The van der Waals surface area contributed by atoms with Gasteiger partial charge in [-0.2, -0.15) is 0 Å². The number of hydrogen-bond acceptors (Lipinski definition) is 2. The fourth-order valence-corrected chi connectivity index (χ4v) is 2.68. The Kier molecular flexibility index (Phi) is 6.55. The predicted octanol–water partition coefficient (Wildman–Crippen LogP) is 4.13. The van der Waals surface area contributed by atoms with Gasteiger partial charge in [-0.25, -0.2) is 0 Å². The Morgan fingerprint density at radius 1 is 1.12 bits per heavy atom. The highest BCUT2D eigenvalue weighted by Crippen LogP contribution is 2.20. The summed E-state index contributed by atoms with van der Waals surface area (Å²) >= 11 is 3.43. The maximum Gasteiger partial charge on any atom is 0.233 e. The Morgan fingerprint density at radius 2 is 1.83 bits per heavy atom. The molecule has 126 valence electrons. The molecule has 0 saturated carbocycles. The van der Waals surface area contributed by atoms with E-state index in [1.54, 1.807) is 4.90 Å². The van der Waals surface area contributed by atoms with Gasteiger partial charge in [0, 0.05) is 23.2 Å². The number of carbonyl (C=O) groups excluding carboxylic acids is 2. The third-order valence-electron chi connectivity index (χ3n) is 3.72. The smallest absolute Gasteiger partial charge is 0.233 e. The lowest BCUT2D eigenvalue weighted by Gasteiger charge is -2.21. The Hall–Kier alpha value is -2.14. The molecule has 5 heteroatoms. The molecule has 4 nitrogen and oxygen atoms in total. The standard InChI is InChI=1S/C19H21BrN2O2/c1-3-22(13-15-7-5-4-6-8-15)19(24)12-18(23)21-16-10-9-14(2)17(20)11-16/h4-11H,3,12-13H2,1-2H3,(H,21,23). The first kappa shape index (κ1) is 18.2. The van der Waals surface area contributed by atoms with Crippen LogP contribution in [0.15, 0.2) is 53.0 Å². The first-order valence-corrected chi connectivity index (χ1v) is 8.66. The van der Waals surface area contributed by atoms with Crippen molar-refractivity contribution in [3.8, 4) is 0 Å². The van der Waals surface area contributed by atoms with E-state index in [1.807, 2.05) is 62.4 Å². The minimum absolute atomic E-state index is 0.161. The second-order valence-electron chi connectivity index (χ2n) is 5.58. The number of benzene rings is 2. The number of rotatable bonds is 6. The summed E-state index contributed by atoms with van der Waals surface area (Å²) in [5.41, 5.74) is 2.82. The van der Waals surface area contributed by atoms with Crippen LogP contribution in [-0.2, 0) is 16.1 Å². The molecule has 24 heavy (non-hydrogen) atoms. The van der Waals surface area contributed by atoms with Gasteiger partial charge in [0.05, 0.1) is 0 Å². The van der Waals surface area contributed by atoms with Gasteiger partial charge < -0.3 is 10.2 Å². The fraction of sp³-hybridized carbons (Fsp3) is 0.263. The van der Waals surface area contributed by atoms with E-state index < -0.39 is 0 Å². The van der Waals surface area contributed by atoms with Gasteiger partial charge in [-0.15, -0.1) is 0 Å². The van der Waals surface area contributed by atoms with E-state index in [2.05, 4.69) is 21.2 Å². The molecule has 0 bridgehead atoms. The predicted molar refractivity (Wildman–Crippen MR) is 99.7 cm³/mol. The molecule has 2 aromatic carbocycles. The summed E-state index contributed by atoms with van der Waals surface area (Å²) in [6.45, 7) is 4.97. The van der Waals surface area contributed by atoms with E-state index in [0.717, 1.165) is 15.6 Å². The summed E-state index contributed by atoms with van der Waals surface area (Å²) in [7, 11) is 0. The van der Waals surface area contributed by atoms with Crippen LogP contribution < -0.4 is 5.32 Å². The average Bonchev–Trinajstić information content (AvgIpc) is 2.56. The molecule has 0 heterocycles. The molecule has 0 radical (unpaired) electrons. The van der Waals surface area contributed by atoms with Crippen LogP contribution in [-0.4, -0.2) is 23.3 Å². The number of nitrogens with zero attached hydrogens (tertiary/aromatic N) is 1. The maximum absolute atomic E-state index is 12.4. The lowest BCUT2D eigenvalue weighted by atomic mass is 10.2. The summed E-state index contributed by atoms with van der Waals surface area (Å²) < 4.78 is 0.922. The van der Waals surface area contributed by atoms with Gasteiger partial charge in [0.1, 0.15) is 6.42 Å². The number of amides is 2. The molecule has 1 N–H and O–H groups in total. The van der Waals surface area contributed by atoms with Crippen LogP contribution >= 0.6 is 15.9 Å². The van der Waals surface area contributed by atoms with Crippen molar-refractivity contribution in [3.63, 3.8) is 0 Å². The van der Waals surface area contributed by atoms with Crippen LogP contribution in [0.3, 0.4) is 0 Å². The molecule has 0 fully saturated rings. The van der Waals surface area contributed by atoms with Gasteiger partial charge in [-0.05, 0) is 37.1 Å². The number of carbonyl (C=O) groups is 2. The van der Waals surface area contributed by atoms with Crippen molar-refractivity contribution >= 4 is 33.4 Å². The van der Waals surface area contributed by atoms with Gasteiger partial charge in [-0.3, -0.25) is 9.59 Å². The van der Waals surface area contributed by atoms with Gasteiger partial charge in [-0.1, -0.05) is 52.3 Å². The molecule has 0 aliphatic carbocycles. The highest BCUT2D eigenvalue weighted by molar-refractivity contribution is 9.10. The van der Waals surface area contributed by atoms with Crippen molar-refractivity contribution in [2.24, 2.45) is 0 Å². The molecule has 2 aromatic rings. The molecule has 0 aromatic heterocycles. The fourth-order valence-electron chi connectivity index (χ4n) is 2.31. The van der Waals surface area contributed by atoms with Crippen LogP contribution in [0.4, 0.5) is 5.69 Å². The minimum Gasteiger partial charge on any atom is -0.338 e. The molecule has 0 atom stereocenters. The molecule has 0 saturated heterocycles. The van der Waals surface area contributed by atoms with Crippen LogP contribution in [0.25, 0.3) is 0 Å². The largest absolute Gasteiger partial charge is 0.338 e. The Balaban J connectivity index is 1.93. The van der Waals surface area contributed by atoms with Gasteiger partial charge in [0.25, 0.3) is 0 Å². The van der Waals surface area contributed by atoms with Crippen molar-refractivity contribution in [1.82, 2.24) is 4.90 Å². The van der Waals surface area contributed by atoms with Gasteiger partial charge in [0.2, 0.25) is 11.8 Å². The summed E-state index contributed by atoms with van der Waals surface area (Å²) in [4.78, 5) is 26.2. The molecular weight excluding hydrogens is 368 g/mol. The first-order valence-electron chi connectivity index (χ1n) is 7.87. The molecule has 0 aliphatic rings. The van der Waals surface area contributed by atoms with E-state index in [1.165, 1.54) is 0 Å². The summed E-state index contributed by atoms with van der Waals surface area (Å²) in [5.74, 6) is -0.479. The van der Waals surface area contributed by atoms with E-state index >= 15 is 0 Å². The highest BCUT2D eigenvalue weighted by atomic mass is 79.9. The highest BCUT2D eigenvalue weighted by Gasteiger charge is 2.16. The zero-order valence-corrected chi connectivity index (χ0v) is 15.5.